The first-order valence-electron chi connectivity index (χ1n) is 8.61. The quantitative estimate of drug-likeness (QED) is 0.663. The topological polar surface area (TPSA) is 106 Å². The largest absolute Gasteiger partial charge is 0.457 e. The maximum atomic E-state index is 12.2. The predicted molar refractivity (Wildman–Crippen MR) is 101 cm³/mol. The summed E-state index contributed by atoms with van der Waals surface area (Å²) in [6, 6.07) is 16.1. The number of carbonyl (C=O) groups excluding carboxylic acids is 3. The van der Waals surface area contributed by atoms with Crippen molar-refractivity contribution in [3.8, 4) is 11.5 Å². The van der Waals surface area contributed by atoms with Crippen LogP contribution < -0.4 is 20.9 Å². The Bertz CT molecular complexity index is 894. The number of esters is 1. The van der Waals surface area contributed by atoms with Gasteiger partial charge in [-0.05, 0) is 49.4 Å². The van der Waals surface area contributed by atoms with E-state index in [4.69, 9.17) is 9.47 Å². The normalized spacial score (nSPS) is 14.0. The first-order chi connectivity index (χ1) is 13.5. The molecule has 2 aromatic rings. The van der Waals surface area contributed by atoms with Crippen molar-refractivity contribution in [3.05, 3.63) is 66.4 Å². The standard InChI is InChI=1S/C20H19N3O5/c1-13(27-20(26)17-11-12-18(24)23-22-17)19(25)21-14-7-9-16(10-8-14)28-15-5-3-2-4-6-15/h2-11,13,22H,12H2,1H3,(H,21,25)(H,23,24)/t13-/m0/s1. The molecule has 8 nitrogen and oxygen atoms in total. The lowest BCUT2D eigenvalue weighted by atomic mass is 10.2. The summed E-state index contributed by atoms with van der Waals surface area (Å²) < 4.78 is 10.8. The number of amides is 2. The molecule has 1 atom stereocenters. The summed E-state index contributed by atoms with van der Waals surface area (Å²) in [5, 5.41) is 2.67. The number of anilines is 1. The van der Waals surface area contributed by atoms with Crippen molar-refractivity contribution in [2.45, 2.75) is 19.4 Å². The van der Waals surface area contributed by atoms with Crippen LogP contribution in [0.25, 0.3) is 0 Å². The number of ether oxygens (including phenoxy) is 2. The van der Waals surface area contributed by atoms with E-state index >= 15 is 0 Å². The van der Waals surface area contributed by atoms with E-state index in [9.17, 15) is 14.4 Å². The number of carbonyl (C=O) groups is 3. The minimum Gasteiger partial charge on any atom is -0.457 e. The van der Waals surface area contributed by atoms with Gasteiger partial charge in [-0.2, -0.15) is 0 Å². The van der Waals surface area contributed by atoms with Crippen LogP contribution in [0.1, 0.15) is 13.3 Å². The third kappa shape index (κ3) is 5.10. The van der Waals surface area contributed by atoms with Gasteiger partial charge in [-0.3, -0.25) is 20.4 Å². The van der Waals surface area contributed by atoms with Crippen LogP contribution >= 0.6 is 0 Å². The lowest BCUT2D eigenvalue weighted by Gasteiger charge is -2.18. The van der Waals surface area contributed by atoms with Crippen molar-refractivity contribution >= 4 is 23.5 Å². The zero-order chi connectivity index (χ0) is 19.9. The number of nitrogens with one attached hydrogen (secondary N) is 3. The van der Waals surface area contributed by atoms with Crippen LogP contribution in [0.15, 0.2) is 66.4 Å². The molecule has 1 heterocycles. The van der Waals surface area contributed by atoms with Crippen LogP contribution in [0.4, 0.5) is 5.69 Å². The first-order valence-corrected chi connectivity index (χ1v) is 8.61. The number of hydrogen-bond donors (Lipinski definition) is 3. The molecule has 8 heteroatoms. The summed E-state index contributed by atoms with van der Waals surface area (Å²) in [5.74, 6) is -0.135. The Kier molecular flexibility index (Phi) is 5.91. The minimum atomic E-state index is -1.02. The molecule has 2 aromatic carbocycles. The average molecular weight is 381 g/mol. The highest BCUT2D eigenvalue weighted by Crippen LogP contribution is 2.22. The summed E-state index contributed by atoms with van der Waals surface area (Å²) in [6.07, 6.45) is 0.445. The fraction of sp³-hybridized carbons (Fsp3) is 0.150. The Morgan fingerprint density at radius 2 is 1.68 bits per heavy atom. The fourth-order valence-corrected chi connectivity index (χ4v) is 2.32. The monoisotopic (exact) mass is 381 g/mol. The number of hydrazine groups is 1. The van der Waals surface area contributed by atoms with Gasteiger partial charge in [-0.1, -0.05) is 18.2 Å². The maximum Gasteiger partial charge on any atom is 0.356 e. The lowest BCUT2D eigenvalue weighted by molar-refractivity contribution is -0.149. The second kappa shape index (κ2) is 8.72. The molecule has 28 heavy (non-hydrogen) atoms. The molecule has 0 fully saturated rings. The van der Waals surface area contributed by atoms with Gasteiger partial charge < -0.3 is 14.8 Å². The van der Waals surface area contributed by atoms with Crippen LogP contribution in [-0.2, 0) is 19.1 Å². The molecule has 0 saturated carbocycles. The summed E-state index contributed by atoms with van der Waals surface area (Å²) in [5.41, 5.74) is 5.36. The van der Waals surface area contributed by atoms with Crippen LogP contribution in [0, 0.1) is 0 Å². The second-order valence-corrected chi connectivity index (χ2v) is 5.97. The first kappa shape index (κ1) is 19.0. The van der Waals surface area contributed by atoms with Crippen molar-refractivity contribution < 1.29 is 23.9 Å². The van der Waals surface area contributed by atoms with Gasteiger partial charge in [0.2, 0.25) is 5.91 Å². The molecule has 3 rings (SSSR count). The fourth-order valence-electron chi connectivity index (χ4n) is 2.32. The van der Waals surface area contributed by atoms with E-state index in [1.165, 1.54) is 13.0 Å². The van der Waals surface area contributed by atoms with Gasteiger partial charge in [-0.15, -0.1) is 0 Å². The van der Waals surface area contributed by atoms with Gasteiger partial charge in [0.15, 0.2) is 6.10 Å². The molecule has 0 unspecified atom stereocenters. The Hall–Kier alpha value is -3.81. The third-order valence-electron chi connectivity index (χ3n) is 3.80. The Morgan fingerprint density at radius 3 is 2.32 bits per heavy atom. The minimum absolute atomic E-state index is 0.0649. The average Bonchev–Trinajstić information content (AvgIpc) is 2.70. The van der Waals surface area contributed by atoms with Gasteiger partial charge in [0.25, 0.3) is 5.91 Å². The van der Waals surface area contributed by atoms with E-state index in [-0.39, 0.29) is 18.0 Å². The highest BCUT2D eigenvalue weighted by atomic mass is 16.5. The Balaban J connectivity index is 1.52. The summed E-state index contributed by atoms with van der Waals surface area (Å²) in [6.45, 7) is 1.46. The van der Waals surface area contributed by atoms with E-state index < -0.39 is 18.0 Å². The summed E-state index contributed by atoms with van der Waals surface area (Å²) >= 11 is 0. The third-order valence-corrected chi connectivity index (χ3v) is 3.80. The molecule has 0 spiro atoms. The zero-order valence-electron chi connectivity index (χ0n) is 15.1. The Morgan fingerprint density at radius 1 is 1.00 bits per heavy atom. The molecule has 0 radical (unpaired) electrons. The van der Waals surface area contributed by atoms with Crippen LogP contribution in [-0.4, -0.2) is 23.9 Å². The van der Waals surface area contributed by atoms with Crippen molar-refractivity contribution in [3.63, 3.8) is 0 Å². The van der Waals surface area contributed by atoms with E-state index in [0.29, 0.717) is 17.2 Å². The van der Waals surface area contributed by atoms with E-state index in [1.807, 2.05) is 30.3 Å². The predicted octanol–water partition coefficient (Wildman–Crippen LogP) is 2.26. The Labute approximate surface area is 161 Å². The highest BCUT2D eigenvalue weighted by Gasteiger charge is 2.22. The van der Waals surface area contributed by atoms with Gasteiger partial charge in [-0.25, -0.2) is 4.79 Å². The summed E-state index contributed by atoms with van der Waals surface area (Å²) in [7, 11) is 0. The smallest absolute Gasteiger partial charge is 0.356 e. The summed E-state index contributed by atoms with van der Waals surface area (Å²) in [4.78, 5) is 35.3. The number of para-hydroxylation sites is 1. The molecule has 0 aromatic heterocycles. The van der Waals surface area contributed by atoms with Gasteiger partial charge in [0.1, 0.15) is 17.2 Å². The molecule has 0 bridgehead atoms. The molecule has 1 aliphatic rings. The van der Waals surface area contributed by atoms with Gasteiger partial charge in [0, 0.05) is 12.1 Å². The molecule has 1 aliphatic heterocycles. The molecule has 3 N–H and O–H groups in total. The van der Waals surface area contributed by atoms with Crippen LogP contribution in [0.3, 0.4) is 0 Å². The number of benzene rings is 2. The van der Waals surface area contributed by atoms with E-state index in [0.717, 1.165) is 0 Å². The highest BCUT2D eigenvalue weighted by molar-refractivity contribution is 5.97. The lowest BCUT2D eigenvalue weighted by Crippen LogP contribution is -2.43. The van der Waals surface area contributed by atoms with E-state index in [2.05, 4.69) is 16.2 Å². The maximum absolute atomic E-state index is 12.2. The number of hydrogen-bond acceptors (Lipinski definition) is 6. The van der Waals surface area contributed by atoms with Crippen molar-refractivity contribution in [1.29, 1.82) is 0 Å². The van der Waals surface area contributed by atoms with Gasteiger partial charge in [0.05, 0.1) is 0 Å². The molecule has 2 amide bonds. The van der Waals surface area contributed by atoms with Crippen molar-refractivity contribution in [2.24, 2.45) is 0 Å². The van der Waals surface area contributed by atoms with Crippen molar-refractivity contribution in [1.82, 2.24) is 10.9 Å². The molecular weight excluding hydrogens is 362 g/mol. The molecule has 144 valence electrons. The molecule has 0 saturated heterocycles. The van der Waals surface area contributed by atoms with Crippen molar-refractivity contribution in [2.75, 3.05) is 5.32 Å². The number of rotatable bonds is 6. The molecular formula is C20H19N3O5. The van der Waals surface area contributed by atoms with Crippen LogP contribution in [0.5, 0.6) is 11.5 Å². The van der Waals surface area contributed by atoms with Gasteiger partial charge >= 0.3 is 5.97 Å². The van der Waals surface area contributed by atoms with Crippen LogP contribution in [0.2, 0.25) is 0 Å². The SMILES string of the molecule is C[C@H](OC(=O)C1=CCC(=O)NN1)C(=O)Nc1ccc(Oc2ccccc2)cc1. The zero-order valence-corrected chi connectivity index (χ0v) is 15.1. The molecule has 0 aliphatic carbocycles. The van der Waals surface area contributed by atoms with E-state index in [1.54, 1.807) is 24.3 Å². The second-order valence-electron chi connectivity index (χ2n) is 5.97.